The predicted molar refractivity (Wildman–Crippen MR) is 96.4 cm³/mol. The first-order valence-corrected chi connectivity index (χ1v) is 7.89. The first-order valence-electron chi connectivity index (χ1n) is 7.89. The molecule has 3 rings (SSSR count). The summed E-state index contributed by atoms with van der Waals surface area (Å²) >= 11 is 0. The fourth-order valence-corrected chi connectivity index (χ4v) is 3.27. The summed E-state index contributed by atoms with van der Waals surface area (Å²) < 4.78 is 2.30. The second-order valence-corrected chi connectivity index (χ2v) is 6.09. The summed E-state index contributed by atoms with van der Waals surface area (Å²) in [6.07, 6.45) is 1.04. The van der Waals surface area contributed by atoms with E-state index in [9.17, 15) is 0 Å². The Morgan fingerprint density at radius 3 is 2.23 bits per heavy atom. The number of aryl methyl sites for hydroxylation is 3. The van der Waals surface area contributed by atoms with Gasteiger partial charge in [0.2, 0.25) is 0 Å². The first-order chi connectivity index (χ1) is 10.5. The lowest BCUT2D eigenvalue weighted by atomic mass is 10.1. The lowest BCUT2D eigenvalue weighted by Crippen LogP contribution is -2.00. The zero-order valence-corrected chi connectivity index (χ0v) is 13.9. The maximum absolute atomic E-state index is 4.37. The Kier molecular flexibility index (Phi) is 3.66. The van der Waals surface area contributed by atoms with Crippen LogP contribution in [0.3, 0.4) is 0 Å². The first kappa shape index (κ1) is 14.6. The van der Waals surface area contributed by atoms with E-state index in [-0.39, 0.29) is 0 Å². The van der Waals surface area contributed by atoms with Gasteiger partial charge in [0, 0.05) is 16.8 Å². The average molecular weight is 289 g/mol. The average Bonchev–Trinajstić information content (AvgIpc) is 2.78. The Balaban J connectivity index is 2.24. The van der Waals surface area contributed by atoms with Gasteiger partial charge in [-0.15, -0.1) is 0 Å². The van der Waals surface area contributed by atoms with Gasteiger partial charge in [0.05, 0.1) is 5.52 Å². The number of benzene rings is 2. The molecule has 0 radical (unpaired) electrons. The molecule has 0 aliphatic carbocycles. The zero-order chi connectivity index (χ0) is 15.9. The van der Waals surface area contributed by atoms with Crippen molar-refractivity contribution in [2.24, 2.45) is 0 Å². The summed E-state index contributed by atoms with van der Waals surface area (Å²) in [6, 6.07) is 15.3. The molecule has 0 fully saturated rings. The Morgan fingerprint density at radius 1 is 0.955 bits per heavy atom. The molecule has 0 atom stereocenters. The van der Waals surface area contributed by atoms with Gasteiger partial charge >= 0.3 is 0 Å². The van der Waals surface area contributed by atoms with Crippen LogP contribution in [-0.4, -0.2) is 4.57 Å². The second kappa shape index (κ2) is 5.49. The van der Waals surface area contributed by atoms with Gasteiger partial charge in [0.25, 0.3) is 0 Å². The summed E-state index contributed by atoms with van der Waals surface area (Å²) in [7, 11) is 0. The number of hydrogen-bond acceptors (Lipinski definition) is 0. The molecule has 0 saturated carbocycles. The van der Waals surface area contributed by atoms with E-state index >= 15 is 0 Å². The van der Waals surface area contributed by atoms with Crippen molar-refractivity contribution in [1.82, 2.24) is 4.57 Å². The third-order valence-electron chi connectivity index (χ3n) is 4.50. The minimum Gasteiger partial charge on any atom is -0.314 e. The highest BCUT2D eigenvalue weighted by Crippen LogP contribution is 2.31. The van der Waals surface area contributed by atoms with Gasteiger partial charge in [-0.3, -0.25) is 0 Å². The normalized spacial score (nSPS) is 11.1. The molecule has 112 valence electrons. The van der Waals surface area contributed by atoms with Crippen LogP contribution >= 0.6 is 0 Å². The van der Waals surface area contributed by atoms with Crippen molar-refractivity contribution in [1.29, 1.82) is 0 Å². The molecule has 0 amide bonds. The maximum Gasteiger partial charge on any atom is 0.0534 e. The number of fused-ring (bicyclic) bond motifs is 1. The van der Waals surface area contributed by atoms with E-state index in [1.54, 1.807) is 0 Å². The summed E-state index contributed by atoms with van der Waals surface area (Å²) in [5.41, 5.74) is 8.78. The number of aromatic nitrogens is 1. The second-order valence-electron chi connectivity index (χ2n) is 6.09. The molecular formula is C21H23N. The highest BCUT2D eigenvalue weighted by Gasteiger charge is 2.15. The largest absolute Gasteiger partial charge is 0.314 e. The van der Waals surface area contributed by atoms with Crippen LogP contribution in [0.2, 0.25) is 0 Å². The summed E-state index contributed by atoms with van der Waals surface area (Å²) in [5, 5.41) is 1.35. The molecule has 0 aliphatic rings. The molecule has 1 aromatic heterocycles. The van der Waals surface area contributed by atoms with Crippen molar-refractivity contribution < 1.29 is 0 Å². The van der Waals surface area contributed by atoms with Gasteiger partial charge in [0.15, 0.2) is 0 Å². The number of rotatable bonds is 3. The van der Waals surface area contributed by atoms with Crippen molar-refractivity contribution in [2.45, 2.75) is 34.1 Å². The Morgan fingerprint density at radius 2 is 1.59 bits per heavy atom. The molecule has 0 N–H and O–H groups in total. The third kappa shape index (κ3) is 2.27. The monoisotopic (exact) mass is 289 g/mol. The van der Waals surface area contributed by atoms with Crippen LogP contribution < -0.4 is 0 Å². The van der Waals surface area contributed by atoms with Crippen LogP contribution in [0.1, 0.15) is 34.9 Å². The van der Waals surface area contributed by atoms with Crippen molar-refractivity contribution in [3.63, 3.8) is 0 Å². The van der Waals surface area contributed by atoms with E-state index < -0.39 is 0 Å². The lowest BCUT2D eigenvalue weighted by Gasteiger charge is -2.13. The van der Waals surface area contributed by atoms with Crippen molar-refractivity contribution in [3.8, 4) is 0 Å². The topological polar surface area (TPSA) is 4.93 Å². The van der Waals surface area contributed by atoms with E-state index in [0.717, 1.165) is 12.1 Å². The van der Waals surface area contributed by atoms with Gasteiger partial charge < -0.3 is 4.57 Å². The number of nitrogens with zero attached hydrogens (tertiary/aromatic N) is 1. The van der Waals surface area contributed by atoms with Crippen molar-refractivity contribution >= 4 is 16.6 Å². The standard InChI is InChI=1S/C21H23N/c1-6-19-17(5)22(21-12-9-15(3)13-20(19)21)16(4)18-10-7-14(2)8-11-18/h7-13H,4,6H2,1-3,5H3. The summed E-state index contributed by atoms with van der Waals surface area (Å²) in [4.78, 5) is 0. The fourth-order valence-electron chi connectivity index (χ4n) is 3.27. The van der Waals surface area contributed by atoms with E-state index in [2.05, 4.69) is 81.3 Å². The molecule has 0 bridgehead atoms. The van der Waals surface area contributed by atoms with Gasteiger partial charge in [0.1, 0.15) is 0 Å². The minimum absolute atomic E-state index is 1.04. The van der Waals surface area contributed by atoms with E-state index in [1.807, 2.05) is 0 Å². The van der Waals surface area contributed by atoms with Gasteiger partial charge in [-0.25, -0.2) is 0 Å². The molecule has 1 nitrogen and oxygen atoms in total. The zero-order valence-electron chi connectivity index (χ0n) is 13.9. The predicted octanol–water partition coefficient (Wildman–Crippen LogP) is 5.65. The Hall–Kier alpha value is -2.28. The molecule has 0 saturated heterocycles. The third-order valence-corrected chi connectivity index (χ3v) is 4.50. The Labute approximate surface area is 132 Å². The number of hydrogen-bond donors (Lipinski definition) is 0. The van der Waals surface area contributed by atoms with Crippen LogP contribution in [0.15, 0.2) is 49.0 Å². The molecule has 0 aliphatic heterocycles. The molecule has 22 heavy (non-hydrogen) atoms. The smallest absolute Gasteiger partial charge is 0.0534 e. The van der Waals surface area contributed by atoms with E-state index in [1.165, 1.54) is 38.9 Å². The molecule has 0 spiro atoms. The van der Waals surface area contributed by atoms with Crippen LogP contribution in [0.4, 0.5) is 0 Å². The molecular weight excluding hydrogens is 266 g/mol. The van der Waals surface area contributed by atoms with Crippen LogP contribution in [-0.2, 0) is 6.42 Å². The molecule has 3 aromatic rings. The SMILES string of the molecule is C=C(c1ccc(C)cc1)n1c(C)c(CC)c2cc(C)ccc21. The quantitative estimate of drug-likeness (QED) is 0.587. The fraction of sp³-hybridized carbons (Fsp3) is 0.238. The van der Waals surface area contributed by atoms with Crippen LogP contribution in [0, 0.1) is 20.8 Å². The van der Waals surface area contributed by atoms with Gasteiger partial charge in [-0.1, -0.05) is 55.0 Å². The highest BCUT2D eigenvalue weighted by atomic mass is 15.0. The molecule has 2 aromatic carbocycles. The minimum atomic E-state index is 1.04. The van der Waals surface area contributed by atoms with Crippen LogP contribution in [0.25, 0.3) is 16.6 Å². The van der Waals surface area contributed by atoms with E-state index in [0.29, 0.717) is 0 Å². The molecule has 1 heterocycles. The molecule has 0 unspecified atom stereocenters. The Bertz CT molecular complexity index is 848. The summed E-state index contributed by atoms with van der Waals surface area (Å²) in [6.45, 7) is 13.1. The molecule has 1 heteroatoms. The van der Waals surface area contributed by atoms with Crippen molar-refractivity contribution in [2.75, 3.05) is 0 Å². The summed E-state index contributed by atoms with van der Waals surface area (Å²) in [5.74, 6) is 0. The van der Waals surface area contributed by atoms with Crippen LogP contribution in [0.5, 0.6) is 0 Å². The maximum atomic E-state index is 4.37. The van der Waals surface area contributed by atoms with Gasteiger partial charge in [-0.05, 0) is 50.5 Å². The highest BCUT2D eigenvalue weighted by molar-refractivity contribution is 5.90. The van der Waals surface area contributed by atoms with Gasteiger partial charge in [-0.2, -0.15) is 0 Å². The van der Waals surface area contributed by atoms with E-state index in [4.69, 9.17) is 0 Å². The van der Waals surface area contributed by atoms with Crippen molar-refractivity contribution in [3.05, 3.63) is 77.0 Å². The lowest BCUT2D eigenvalue weighted by molar-refractivity contribution is 1.03.